The van der Waals surface area contributed by atoms with E-state index in [4.69, 9.17) is 15.9 Å². The zero-order chi connectivity index (χ0) is 6.73. The summed E-state index contributed by atoms with van der Waals surface area (Å²) < 4.78 is 0. The lowest BCUT2D eigenvalue weighted by Crippen LogP contribution is -2.39. The number of nitrogens with two attached hydrogens (primary N) is 1. The first-order valence-electron chi connectivity index (χ1n) is 2.22. The van der Waals surface area contributed by atoms with Crippen molar-refractivity contribution in [3.63, 3.8) is 0 Å². The average Bonchev–Trinajstić information content (AvgIpc) is 1.64. The summed E-state index contributed by atoms with van der Waals surface area (Å²) in [6.07, 6.45) is -0.979. The van der Waals surface area contributed by atoms with Crippen LogP contribution < -0.4 is 5.73 Å². The van der Waals surface area contributed by atoms with Gasteiger partial charge in [0.15, 0.2) is 0 Å². The van der Waals surface area contributed by atoms with Gasteiger partial charge in [-0.1, -0.05) is 0 Å². The Hall–Kier alpha value is -0.320. The van der Waals surface area contributed by atoms with Crippen LogP contribution in [0.25, 0.3) is 0 Å². The quantitative estimate of drug-likeness (QED) is 0.488. The maximum Gasteiger partial charge on any atom is 0.323 e. The fraction of sp³-hybridized carbons (Fsp3) is 0.750. The predicted octanol–water partition coefficient (Wildman–Crippen LogP) is -0.799. The molecule has 0 aliphatic heterocycles. The number of aliphatic carboxylic acids is 1. The molecule has 0 bridgehead atoms. The van der Waals surface area contributed by atoms with E-state index < -0.39 is 18.1 Å². The van der Waals surface area contributed by atoms with Gasteiger partial charge in [-0.15, -0.1) is 12.4 Å². The van der Waals surface area contributed by atoms with Crippen LogP contribution in [0.3, 0.4) is 0 Å². The first-order chi connectivity index (χ1) is 3.55. The molecular formula is C4H10ClNO3. The fourth-order valence-corrected chi connectivity index (χ4v) is 0.206. The highest BCUT2D eigenvalue weighted by Crippen LogP contribution is 1.85. The van der Waals surface area contributed by atoms with Crippen molar-refractivity contribution < 1.29 is 15.0 Å². The van der Waals surface area contributed by atoms with E-state index in [1.807, 2.05) is 0 Å². The summed E-state index contributed by atoms with van der Waals surface area (Å²) in [4.78, 5) is 9.86. The monoisotopic (exact) mass is 155 g/mol. The molecular weight excluding hydrogens is 146 g/mol. The van der Waals surface area contributed by atoms with Gasteiger partial charge in [0.25, 0.3) is 0 Å². The molecule has 0 saturated carbocycles. The molecule has 0 rings (SSSR count). The van der Waals surface area contributed by atoms with Gasteiger partial charge >= 0.3 is 5.97 Å². The van der Waals surface area contributed by atoms with Crippen LogP contribution in [0.4, 0.5) is 0 Å². The Morgan fingerprint density at radius 3 is 2.00 bits per heavy atom. The van der Waals surface area contributed by atoms with E-state index in [1.165, 1.54) is 6.92 Å². The number of hydrogen-bond acceptors (Lipinski definition) is 3. The van der Waals surface area contributed by atoms with Crippen molar-refractivity contribution in [2.45, 2.75) is 19.1 Å². The van der Waals surface area contributed by atoms with Gasteiger partial charge in [-0.2, -0.15) is 0 Å². The van der Waals surface area contributed by atoms with Gasteiger partial charge in [0, 0.05) is 0 Å². The second kappa shape index (κ2) is 4.55. The summed E-state index contributed by atoms with van der Waals surface area (Å²) in [5.41, 5.74) is 4.91. The Morgan fingerprint density at radius 1 is 1.67 bits per heavy atom. The van der Waals surface area contributed by atoms with E-state index >= 15 is 0 Å². The Bertz CT molecular complexity index is 95.8. The Kier molecular flexibility index (Phi) is 5.80. The molecule has 56 valence electrons. The van der Waals surface area contributed by atoms with E-state index in [0.29, 0.717) is 0 Å². The molecule has 0 amide bonds. The minimum absolute atomic E-state index is 0. The minimum Gasteiger partial charge on any atom is -0.480 e. The second-order valence-electron chi connectivity index (χ2n) is 1.60. The van der Waals surface area contributed by atoms with E-state index in [-0.39, 0.29) is 12.4 Å². The Morgan fingerprint density at radius 2 is 2.00 bits per heavy atom. The molecule has 0 heterocycles. The largest absolute Gasteiger partial charge is 0.480 e. The SMILES string of the molecule is C[C@H](O)[C@H](N)C(=O)O.Cl. The molecule has 5 heteroatoms. The maximum atomic E-state index is 9.86. The van der Waals surface area contributed by atoms with Crippen molar-refractivity contribution in [3.05, 3.63) is 0 Å². The van der Waals surface area contributed by atoms with Crippen molar-refractivity contribution in [1.82, 2.24) is 0 Å². The Balaban J connectivity index is 0. The highest BCUT2D eigenvalue weighted by atomic mass is 35.5. The van der Waals surface area contributed by atoms with Gasteiger partial charge in [0.2, 0.25) is 0 Å². The third kappa shape index (κ3) is 4.20. The van der Waals surface area contributed by atoms with Crippen LogP contribution in [0.15, 0.2) is 0 Å². The van der Waals surface area contributed by atoms with Crippen LogP contribution in [-0.2, 0) is 4.79 Å². The van der Waals surface area contributed by atoms with Gasteiger partial charge in [0.05, 0.1) is 6.10 Å². The number of rotatable bonds is 2. The molecule has 0 aliphatic rings. The van der Waals surface area contributed by atoms with Gasteiger partial charge in [0.1, 0.15) is 6.04 Å². The third-order valence-corrected chi connectivity index (χ3v) is 0.805. The zero-order valence-corrected chi connectivity index (χ0v) is 5.76. The van der Waals surface area contributed by atoms with Crippen LogP contribution in [-0.4, -0.2) is 28.3 Å². The number of halogens is 1. The molecule has 0 saturated heterocycles. The summed E-state index contributed by atoms with van der Waals surface area (Å²) in [5, 5.41) is 16.6. The van der Waals surface area contributed by atoms with Crippen LogP contribution in [0.5, 0.6) is 0 Å². The highest BCUT2D eigenvalue weighted by molar-refractivity contribution is 5.85. The van der Waals surface area contributed by atoms with Gasteiger partial charge in [-0.05, 0) is 6.92 Å². The summed E-state index contributed by atoms with van der Waals surface area (Å²) in [5.74, 6) is -1.18. The molecule has 9 heavy (non-hydrogen) atoms. The van der Waals surface area contributed by atoms with Gasteiger partial charge in [-0.25, -0.2) is 0 Å². The Labute approximate surface area is 59.1 Å². The normalized spacial score (nSPS) is 15.4. The lowest BCUT2D eigenvalue weighted by atomic mass is 10.2. The van der Waals surface area contributed by atoms with E-state index in [9.17, 15) is 4.79 Å². The highest BCUT2D eigenvalue weighted by Gasteiger charge is 2.16. The van der Waals surface area contributed by atoms with Crippen LogP contribution in [0.2, 0.25) is 0 Å². The summed E-state index contributed by atoms with van der Waals surface area (Å²) in [7, 11) is 0. The van der Waals surface area contributed by atoms with Crippen LogP contribution in [0, 0.1) is 0 Å². The number of carboxylic acids is 1. The third-order valence-electron chi connectivity index (χ3n) is 0.805. The number of carboxylic acid groups (broad SMARTS) is 1. The molecule has 0 unspecified atom stereocenters. The summed E-state index contributed by atoms with van der Waals surface area (Å²) >= 11 is 0. The smallest absolute Gasteiger partial charge is 0.323 e. The summed E-state index contributed by atoms with van der Waals surface area (Å²) in [6, 6.07) is -1.16. The molecule has 4 nitrogen and oxygen atoms in total. The van der Waals surface area contributed by atoms with E-state index in [1.54, 1.807) is 0 Å². The molecule has 0 radical (unpaired) electrons. The predicted molar refractivity (Wildman–Crippen MR) is 34.5 cm³/mol. The van der Waals surface area contributed by atoms with Crippen molar-refractivity contribution in [2.24, 2.45) is 5.73 Å². The fourth-order valence-electron chi connectivity index (χ4n) is 0.206. The second-order valence-corrected chi connectivity index (χ2v) is 1.60. The minimum atomic E-state index is -1.18. The maximum absolute atomic E-state index is 9.86. The molecule has 4 N–H and O–H groups in total. The van der Waals surface area contributed by atoms with Crippen molar-refractivity contribution in [1.29, 1.82) is 0 Å². The van der Waals surface area contributed by atoms with Crippen LogP contribution in [0.1, 0.15) is 6.92 Å². The molecule has 2 atom stereocenters. The van der Waals surface area contributed by atoms with Crippen molar-refractivity contribution in [3.8, 4) is 0 Å². The molecule has 0 fully saturated rings. The number of hydrogen-bond donors (Lipinski definition) is 3. The lowest BCUT2D eigenvalue weighted by molar-refractivity contribution is -0.140. The zero-order valence-electron chi connectivity index (χ0n) is 4.94. The van der Waals surface area contributed by atoms with Gasteiger partial charge < -0.3 is 15.9 Å². The molecule has 0 spiro atoms. The van der Waals surface area contributed by atoms with E-state index in [0.717, 1.165) is 0 Å². The molecule has 0 aliphatic carbocycles. The average molecular weight is 156 g/mol. The van der Waals surface area contributed by atoms with Crippen LogP contribution >= 0.6 is 12.4 Å². The first kappa shape index (κ1) is 11.5. The lowest BCUT2D eigenvalue weighted by Gasteiger charge is -2.06. The molecule has 0 aromatic heterocycles. The topological polar surface area (TPSA) is 83.5 Å². The number of aliphatic hydroxyl groups is 1. The van der Waals surface area contributed by atoms with Gasteiger partial charge in [-0.3, -0.25) is 4.79 Å². The number of aliphatic hydroxyl groups excluding tert-OH is 1. The van der Waals surface area contributed by atoms with Crippen molar-refractivity contribution in [2.75, 3.05) is 0 Å². The summed E-state index contributed by atoms with van der Waals surface area (Å²) in [6.45, 7) is 1.33. The molecule has 0 aromatic rings. The van der Waals surface area contributed by atoms with E-state index in [2.05, 4.69) is 0 Å². The molecule has 0 aromatic carbocycles. The standard InChI is InChI=1S/C4H9NO3.ClH/c1-2(6)3(5)4(7)8;/h2-3,6H,5H2,1H3,(H,7,8);1H/t2-,3-;/m0./s1. The first-order valence-corrected chi connectivity index (χ1v) is 2.22. The number of carbonyl (C=O) groups is 1. The van der Waals surface area contributed by atoms with Crippen molar-refractivity contribution >= 4 is 18.4 Å².